The summed E-state index contributed by atoms with van der Waals surface area (Å²) in [6.07, 6.45) is 17.4. The van der Waals surface area contributed by atoms with Crippen molar-refractivity contribution in [1.82, 2.24) is 9.13 Å². The molecule has 0 fully saturated rings. The van der Waals surface area contributed by atoms with Crippen LogP contribution in [-0.4, -0.2) is 9.13 Å². The smallest absolute Gasteiger partial charge is 0.137 e. The van der Waals surface area contributed by atoms with Gasteiger partial charge in [-0.1, -0.05) is 78.9 Å². The molecule has 0 saturated heterocycles. The number of hydrogen-bond donors (Lipinski definition) is 1. The summed E-state index contributed by atoms with van der Waals surface area (Å²) in [5.74, 6) is 1.09. The van der Waals surface area contributed by atoms with Crippen LogP contribution in [0.2, 0.25) is 0 Å². The first-order valence-corrected chi connectivity index (χ1v) is 17.4. The molecule has 10 rings (SSSR count). The summed E-state index contributed by atoms with van der Waals surface area (Å²) in [6, 6.07) is 32.6. The summed E-state index contributed by atoms with van der Waals surface area (Å²) in [6.45, 7) is 2.41. The number of fused-ring (bicyclic) bond motifs is 10. The minimum Gasteiger partial charge on any atom is -0.484 e. The monoisotopic (exact) mass is 636 g/mol. The van der Waals surface area contributed by atoms with Crippen LogP contribution in [0.1, 0.15) is 72.9 Å². The van der Waals surface area contributed by atoms with Crippen molar-refractivity contribution in [2.45, 2.75) is 56.1 Å². The zero-order valence-corrected chi connectivity index (χ0v) is 27.4. The number of aromatic nitrogens is 2. The minimum absolute atomic E-state index is 0.00921. The number of nitrogens with two attached hydrogens (primary N) is 1. The number of ether oxygens (including phenoxy) is 1. The van der Waals surface area contributed by atoms with E-state index >= 15 is 0 Å². The van der Waals surface area contributed by atoms with Crippen LogP contribution in [0.25, 0.3) is 44.5 Å². The van der Waals surface area contributed by atoms with Crippen LogP contribution < -0.4 is 10.5 Å². The molecule has 0 amide bonds. The van der Waals surface area contributed by atoms with Gasteiger partial charge in [0.25, 0.3) is 0 Å². The highest BCUT2D eigenvalue weighted by Crippen LogP contribution is 2.57. The Balaban J connectivity index is 1.13. The standard InChI is InChI=1S/C44H36N4O/c1-44(22-7-2-8-23-44)48-38-15-6-4-11-34(38)41-39(48)21-19-33-32-13-9-12-31(42(32)49-43(33)41)30-18-16-27(26-45)24-40(30)47-36-14-5-3-10-29(36)35-25-28(46)17-20-37(35)47/h2-7,9-17,19-21,24-25,30,33,43H,8,18,22-23,46H2,1H3. The second-order valence-corrected chi connectivity index (χ2v) is 14.3. The third-order valence-electron chi connectivity index (χ3n) is 11.5. The highest BCUT2D eigenvalue weighted by Gasteiger charge is 2.44. The molecule has 49 heavy (non-hydrogen) atoms. The summed E-state index contributed by atoms with van der Waals surface area (Å²) >= 11 is 0. The summed E-state index contributed by atoms with van der Waals surface area (Å²) < 4.78 is 12.2. The van der Waals surface area contributed by atoms with Crippen LogP contribution >= 0.6 is 0 Å². The van der Waals surface area contributed by atoms with Crippen LogP contribution in [-0.2, 0) is 5.54 Å². The summed E-state index contributed by atoms with van der Waals surface area (Å²) in [5.41, 5.74) is 17.3. The molecular formula is C44H36N4O. The summed E-state index contributed by atoms with van der Waals surface area (Å²) in [7, 11) is 0. The molecule has 2 N–H and O–H groups in total. The third kappa shape index (κ3) is 3.98. The van der Waals surface area contributed by atoms with Crippen molar-refractivity contribution in [1.29, 1.82) is 5.26 Å². The van der Waals surface area contributed by atoms with Gasteiger partial charge in [0.15, 0.2) is 0 Å². The van der Waals surface area contributed by atoms with Gasteiger partial charge in [-0.15, -0.1) is 0 Å². The Morgan fingerprint density at radius 1 is 0.878 bits per heavy atom. The van der Waals surface area contributed by atoms with Gasteiger partial charge in [-0.25, -0.2) is 0 Å². The van der Waals surface area contributed by atoms with Crippen LogP contribution in [0, 0.1) is 11.3 Å². The molecule has 1 aliphatic heterocycles. The molecule has 0 bridgehead atoms. The molecular weight excluding hydrogens is 601 g/mol. The van der Waals surface area contributed by atoms with Crippen molar-refractivity contribution >= 4 is 50.2 Å². The molecule has 6 aromatic rings. The predicted molar refractivity (Wildman–Crippen MR) is 199 cm³/mol. The van der Waals surface area contributed by atoms with E-state index in [-0.39, 0.29) is 23.5 Å². The van der Waals surface area contributed by atoms with Crippen molar-refractivity contribution in [3.8, 4) is 11.8 Å². The Labute approximate surface area is 285 Å². The average Bonchev–Trinajstić information content (AvgIpc) is 3.79. The number of nitrogens with zero attached hydrogens (tertiary/aromatic N) is 3. The predicted octanol–water partition coefficient (Wildman–Crippen LogP) is 10.5. The van der Waals surface area contributed by atoms with Gasteiger partial charge in [-0.2, -0.15) is 5.26 Å². The van der Waals surface area contributed by atoms with E-state index in [1.54, 1.807) is 0 Å². The molecule has 5 nitrogen and oxygen atoms in total. The van der Waals surface area contributed by atoms with Gasteiger partial charge in [-0.05, 0) is 75.1 Å². The van der Waals surface area contributed by atoms with E-state index in [0.29, 0.717) is 12.0 Å². The normalized spacial score (nSPS) is 23.9. The number of hydrogen-bond acceptors (Lipinski definition) is 3. The van der Waals surface area contributed by atoms with Gasteiger partial charge in [0.05, 0.1) is 17.1 Å². The lowest BCUT2D eigenvalue weighted by Gasteiger charge is -2.36. The second kappa shape index (κ2) is 10.4. The zero-order chi connectivity index (χ0) is 32.9. The maximum atomic E-state index is 10.1. The highest BCUT2D eigenvalue weighted by molar-refractivity contribution is 6.11. The fourth-order valence-electron chi connectivity index (χ4n) is 9.27. The molecule has 0 radical (unpaired) electrons. The molecule has 238 valence electrons. The topological polar surface area (TPSA) is 68.9 Å². The van der Waals surface area contributed by atoms with Gasteiger partial charge >= 0.3 is 0 Å². The summed E-state index contributed by atoms with van der Waals surface area (Å²) in [5, 5.41) is 13.6. The van der Waals surface area contributed by atoms with Crippen molar-refractivity contribution in [3.63, 3.8) is 0 Å². The van der Waals surface area contributed by atoms with Crippen LogP contribution in [0.3, 0.4) is 0 Å². The Morgan fingerprint density at radius 3 is 2.51 bits per heavy atom. The maximum Gasteiger partial charge on any atom is 0.137 e. The van der Waals surface area contributed by atoms with Gasteiger partial charge in [-0.3, -0.25) is 0 Å². The van der Waals surface area contributed by atoms with Crippen LogP contribution in [0.15, 0.2) is 121 Å². The fraction of sp³-hybridized carbons (Fsp3) is 0.205. The van der Waals surface area contributed by atoms with Crippen LogP contribution in [0.5, 0.6) is 5.75 Å². The lowest BCUT2D eigenvalue weighted by Crippen LogP contribution is -2.32. The van der Waals surface area contributed by atoms with Gasteiger partial charge in [0, 0.05) is 78.4 Å². The van der Waals surface area contributed by atoms with Crippen molar-refractivity contribution < 1.29 is 4.74 Å². The van der Waals surface area contributed by atoms with E-state index in [2.05, 4.69) is 137 Å². The van der Waals surface area contributed by atoms with E-state index in [4.69, 9.17) is 10.5 Å². The molecule has 4 unspecified atom stereocenters. The van der Waals surface area contributed by atoms with E-state index in [1.807, 2.05) is 6.07 Å². The first-order valence-electron chi connectivity index (χ1n) is 17.4. The number of allylic oxidation sites excluding steroid dienone is 6. The van der Waals surface area contributed by atoms with Crippen LogP contribution in [0.4, 0.5) is 5.69 Å². The minimum atomic E-state index is -0.109. The fourth-order valence-corrected chi connectivity index (χ4v) is 9.27. The Morgan fingerprint density at radius 2 is 1.67 bits per heavy atom. The van der Waals surface area contributed by atoms with Crippen molar-refractivity contribution in [2.24, 2.45) is 0 Å². The number of para-hydroxylation sites is 3. The zero-order valence-electron chi connectivity index (χ0n) is 27.4. The summed E-state index contributed by atoms with van der Waals surface area (Å²) in [4.78, 5) is 0. The highest BCUT2D eigenvalue weighted by atomic mass is 16.5. The lowest BCUT2D eigenvalue weighted by atomic mass is 9.82. The third-order valence-corrected chi connectivity index (χ3v) is 11.5. The molecule has 3 heterocycles. The largest absolute Gasteiger partial charge is 0.484 e. The molecule has 5 heteroatoms. The number of nitrogen functional groups attached to an aromatic ring is 1. The quantitative estimate of drug-likeness (QED) is 0.155. The average molecular weight is 637 g/mol. The second-order valence-electron chi connectivity index (χ2n) is 14.3. The lowest BCUT2D eigenvalue weighted by molar-refractivity contribution is 0.220. The van der Waals surface area contributed by atoms with Gasteiger partial charge in [0.2, 0.25) is 0 Å². The molecule has 4 atom stereocenters. The first kappa shape index (κ1) is 28.3. The molecule has 4 aliphatic rings. The Hall–Kier alpha value is -5.73. The van der Waals surface area contributed by atoms with Gasteiger partial charge in [0.1, 0.15) is 11.9 Å². The van der Waals surface area contributed by atoms with E-state index < -0.39 is 0 Å². The van der Waals surface area contributed by atoms with E-state index in [9.17, 15) is 5.26 Å². The first-order chi connectivity index (χ1) is 24.0. The maximum absolute atomic E-state index is 10.1. The molecule has 0 spiro atoms. The molecule has 0 saturated carbocycles. The number of benzene rings is 4. The Bertz CT molecular complexity index is 2550. The number of anilines is 1. The number of rotatable bonds is 3. The van der Waals surface area contributed by atoms with Gasteiger partial charge < -0.3 is 19.6 Å². The Kier molecular flexibility index (Phi) is 6.00. The number of nitriles is 1. The van der Waals surface area contributed by atoms with Crippen molar-refractivity contribution in [2.75, 3.05) is 5.73 Å². The van der Waals surface area contributed by atoms with E-state index in [0.717, 1.165) is 63.8 Å². The SMILES string of the molecule is CC1(n2c3c(c4ccccc42)C2Oc4c(C5CC=C(C#N)C=C5n5c6ccccc6c6cc(N)ccc65)cccc4C2C=C3)CC=CCC1. The molecule has 4 aromatic carbocycles. The van der Waals surface area contributed by atoms with E-state index in [1.165, 1.54) is 27.7 Å². The molecule has 3 aliphatic carbocycles. The van der Waals surface area contributed by atoms with Crippen molar-refractivity contribution in [3.05, 3.63) is 143 Å². The molecule has 2 aromatic heterocycles.